The Labute approximate surface area is 180 Å². The molecule has 29 heavy (non-hydrogen) atoms. The van der Waals surface area contributed by atoms with E-state index in [0.29, 0.717) is 16.2 Å². The molecule has 2 aromatic heterocycles. The third-order valence-electron chi connectivity index (χ3n) is 4.91. The highest BCUT2D eigenvalue weighted by Crippen LogP contribution is 2.36. The predicted octanol–water partition coefficient (Wildman–Crippen LogP) is 5.43. The molecule has 9 heteroatoms. The fourth-order valence-corrected chi connectivity index (χ4v) is 6.33. The molecule has 0 spiro atoms. The number of carbonyl (C=O) groups is 1. The van der Waals surface area contributed by atoms with Gasteiger partial charge in [0.2, 0.25) is 5.17 Å². The summed E-state index contributed by atoms with van der Waals surface area (Å²) >= 11 is 4.65. The number of nitrogens with one attached hydrogen (secondary N) is 1. The van der Waals surface area contributed by atoms with Gasteiger partial charge in [-0.1, -0.05) is 37.1 Å². The second-order valence-electron chi connectivity index (χ2n) is 6.94. The lowest BCUT2D eigenvalue weighted by atomic mass is 10.0. The number of amidine groups is 2. The Bertz CT molecular complexity index is 1050. The maximum Gasteiger partial charge on any atom is 0.283 e. The maximum absolute atomic E-state index is 12.5. The van der Waals surface area contributed by atoms with Crippen molar-refractivity contribution in [2.75, 3.05) is 0 Å². The van der Waals surface area contributed by atoms with E-state index in [1.807, 2.05) is 29.6 Å². The number of aliphatic imine (C=N–C) groups is 1. The Hall–Kier alpha value is -2.10. The number of thioether (sulfide) groups is 2. The molecule has 1 aliphatic carbocycles. The quantitative estimate of drug-likeness (QED) is 0.638. The second-order valence-corrected chi connectivity index (χ2v) is 10.1. The lowest BCUT2D eigenvalue weighted by Crippen LogP contribution is -2.35. The summed E-state index contributed by atoms with van der Waals surface area (Å²) in [5.74, 6) is 0.149. The molecular formula is C20H18N4O2S3. The number of carbonyl (C=O) groups excluding carboxylic acids is 1. The third kappa shape index (κ3) is 3.86. The van der Waals surface area contributed by atoms with Gasteiger partial charge >= 0.3 is 0 Å². The van der Waals surface area contributed by atoms with Crippen LogP contribution in [0.5, 0.6) is 0 Å². The van der Waals surface area contributed by atoms with Gasteiger partial charge in [-0.3, -0.25) is 10.2 Å². The van der Waals surface area contributed by atoms with Crippen LogP contribution in [0.3, 0.4) is 0 Å². The topological polar surface area (TPSA) is 82.0 Å². The summed E-state index contributed by atoms with van der Waals surface area (Å²) in [6.45, 7) is 0. The molecule has 0 bridgehead atoms. The Morgan fingerprint density at radius 2 is 2.10 bits per heavy atom. The SMILES string of the molecule is N=C1/C(=C/c2ccc(SC3CCCCC3)o2)C(=O)N=C2SC(c3cccs3)=NN12. The van der Waals surface area contributed by atoms with Crippen molar-refractivity contribution in [1.82, 2.24) is 5.01 Å². The molecule has 3 aliphatic rings. The van der Waals surface area contributed by atoms with Gasteiger partial charge in [0.05, 0.1) is 10.5 Å². The summed E-state index contributed by atoms with van der Waals surface area (Å²) < 4.78 is 5.91. The maximum atomic E-state index is 12.5. The van der Waals surface area contributed by atoms with Crippen molar-refractivity contribution < 1.29 is 9.21 Å². The molecule has 0 radical (unpaired) electrons. The van der Waals surface area contributed by atoms with E-state index < -0.39 is 5.91 Å². The van der Waals surface area contributed by atoms with E-state index in [-0.39, 0.29) is 11.4 Å². The van der Waals surface area contributed by atoms with E-state index in [4.69, 9.17) is 9.83 Å². The molecule has 2 aliphatic heterocycles. The number of amides is 1. The summed E-state index contributed by atoms with van der Waals surface area (Å²) in [6.07, 6.45) is 7.93. The highest BCUT2D eigenvalue weighted by molar-refractivity contribution is 8.27. The number of fused-ring (bicyclic) bond motifs is 1. The summed E-state index contributed by atoms with van der Waals surface area (Å²) in [5, 5.41) is 19.0. The molecule has 2 aromatic rings. The number of nitrogens with zero attached hydrogens (tertiary/aromatic N) is 3. The van der Waals surface area contributed by atoms with Crippen LogP contribution in [0, 0.1) is 5.41 Å². The van der Waals surface area contributed by atoms with E-state index in [0.717, 1.165) is 15.0 Å². The molecule has 1 N–H and O–H groups in total. The Balaban J connectivity index is 1.36. The average molecular weight is 443 g/mol. The van der Waals surface area contributed by atoms with Crippen LogP contribution >= 0.6 is 34.9 Å². The molecule has 1 fully saturated rings. The summed E-state index contributed by atoms with van der Waals surface area (Å²) in [6, 6.07) is 7.70. The summed E-state index contributed by atoms with van der Waals surface area (Å²) in [7, 11) is 0. The minimum atomic E-state index is -0.436. The first-order valence-electron chi connectivity index (χ1n) is 9.48. The van der Waals surface area contributed by atoms with Crippen LogP contribution in [-0.4, -0.2) is 32.2 Å². The van der Waals surface area contributed by atoms with E-state index in [1.165, 1.54) is 48.9 Å². The second kappa shape index (κ2) is 7.97. The molecule has 5 rings (SSSR count). The van der Waals surface area contributed by atoms with Crippen molar-refractivity contribution in [3.05, 3.63) is 45.9 Å². The molecule has 0 unspecified atom stereocenters. The number of rotatable bonds is 4. The van der Waals surface area contributed by atoms with Crippen LogP contribution in [0.25, 0.3) is 6.08 Å². The molecule has 1 saturated carbocycles. The smallest absolute Gasteiger partial charge is 0.283 e. The highest BCUT2D eigenvalue weighted by Gasteiger charge is 2.36. The minimum absolute atomic E-state index is 0.0249. The monoisotopic (exact) mass is 442 g/mol. The lowest BCUT2D eigenvalue weighted by Gasteiger charge is -2.20. The number of thiophene rings is 1. The third-order valence-corrected chi connectivity index (χ3v) is 8.11. The summed E-state index contributed by atoms with van der Waals surface area (Å²) in [4.78, 5) is 17.7. The van der Waals surface area contributed by atoms with E-state index in [9.17, 15) is 4.79 Å². The molecule has 0 atom stereocenters. The van der Waals surface area contributed by atoms with E-state index in [2.05, 4.69) is 10.1 Å². The molecule has 6 nitrogen and oxygen atoms in total. The van der Waals surface area contributed by atoms with Gasteiger partial charge in [-0.15, -0.1) is 11.3 Å². The fourth-order valence-electron chi connectivity index (χ4n) is 3.46. The van der Waals surface area contributed by atoms with Crippen LogP contribution in [0.1, 0.15) is 42.7 Å². The number of furan rings is 1. The molecule has 4 heterocycles. The van der Waals surface area contributed by atoms with Crippen molar-refractivity contribution in [3.8, 4) is 0 Å². The highest BCUT2D eigenvalue weighted by atomic mass is 32.2. The molecule has 0 saturated heterocycles. The zero-order valence-electron chi connectivity index (χ0n) is 15.5. The van der Waals surface area contributed by atoms with Crippen molar-refractivity contribution in [1.29, 1.82) is 5.41 Å². The normalized spacial score (nSPS) is 21.5. The fraction of sp³-hybridized carbons (Fsp3) is 0.300. The van der Waals surface area contributed by atoms with Crippen LogP contribution in [0.2, 0.25) is 0 Å². The molecule has 148 valence electrons. The Morgan fingerprint density at radius 3 is 2.90 bits per heavy atom. The number of hydrazone groups is 1. The van der Waals surface area contributed by atoms with Gasteiger partial charge < -0.3 is 4.42 Å². The Morgan fingerprint density at radius 1 is 1.24 bits per heavy atom. The molecule has 0 aromatic carbocycles. The van der Waals surface area contributed by atoms with Gasteiger partial charge in [0, 0.05) is 5.25 Å². The van der Waals surface area contributed by atoms with Gasteiger partial charge in [-0.05, 0) is 54.3 Å². The minimum Gasteiger partial charge on any atom is -0.450 e. The van der Waals surface area contributed by atoms with Gasteiger partial charge in [-0.2, -0.15) is 15.1 Å². The van der Waals surface area contributed by atoms with Gasteiger partial charge in [0.15, 0.2) is 10.9 Å². The van der Waals surface area contributed by atoms with Gasteiger partial charge in [0.1, 0.15) is 10.8 Å². The summed E-state index contributed by atoms with van der Waals surface area (Å²) in [5.41, 5.74) is 0.189. The van der Waals surface area contributed by atoms with Crippen molar-refractivity contribution >= 4 is 62.9 Å². The van der Waals surface area contributed by atoms with Crippen LogP contribution in [0.4, 0.5) is 0 Å². The zero-order valence-corrected chi connectivity index (χ0v) is 17.9. The molecule has 1 amide bonds. The first kappa shape index (κ1) is 18.9. The van der Waals surface area contributed by atoms with Crippen molar-refractivity contribution in [2.45, 2.75) is 42.4 Å². The predicted molar refractivity (Wildman–Crippen MR) is 120 cm³/mol. The standard InChI is InChI=1S/C20H18N4O2S3/c21-17-14(11-12-8-9-16(26-12)28-13-5-2-1-3-6-13)18(25)22-20-24(17)23-19(29-20)15-7-4-10-27-15/h4,7-11,13,21H,1-3,5-6H2/b14-11-,21-17?. The largest absolute Gasteiger partial charge is 0.450 e. The first-order valence-corrected chi connectivity index (χ1v) is 12.1. The molecular weight excluding hydrogens is 424 g/mol. The van der Waals surface area contributed by atoms with E-state index in [1.54, 1.807) is 29.2 Å². The Kier molecular flexibility index (Phi) is 5.19. The van der Waals surface area contributed by atoms with Crippen LogP contribution in [-0.2, 0) is 4.79 Å². The average Bonchev–Trinajstić information content (AvgIpc) is 3.47. The zero-order chi connectivity index (χ0) is 19.8. The lowest BCUT2D eigenvalue weighted by molar-refractivity contribution is -0.114. The van der Waals surface area contributed by atoms with Gasteiger partial charge in [-0.25, -0.2) is 0 Å². The van der Waals surface area contributed by atoms with Crippen LogP contribution < -0.4 is 0 Å². The first-order chi connectivity index (χ1) is 14.2. The van der Waals surface area contributed by atoms with Crippen LogP contribution in [0.15, 0.2) is 54.8 Å². The van der Waals surface area contributed by atoms with E-state index >= 15 is 0 Å². The van der Waals surface area contributed by atoms with Crippen molar-refractivity contribution in [2.24, 2.45) is 10.1 Å². The number of hydrogen-bond acceptors (Lipinski definition) is 7. The van der Waals surface area contributed by atoms with Crippen molar-refractivity contribution in [3.63, 3.8) is 0 Å². The number of hydrogen-bond donors (Lipinski definition) is 1. The van der Waals surface area contributed by atoms with Gasteiger partial charge in [0.25, 0.3) is 5.91 Å².